The van der Waals surface area contributed by atoms with Crippen LogP contribution in [0.3, 0.4) is 0 Å². The van der Waals surface area contributed by atoms with Gasteiger partial charge < -0.3 is 9.47 Å². The minimum absolute atomic E-state index is 0.293. The van der Waals surface area contributed by atoms with Crippen LogP contribution in [0.25, 0.3) is 0 Å². The topological polar surface area (TPSA) is 18.5 Å². The van der Waals surface area contributed by atoms with Crippen LogP contribution in [-0.4, -0.2) is 31.8 Å². The first-order chi connectivity index (χ1) is 6.33. The van der Waals surface area contributed by atoms with Gasteiger partial charge in [-0.05, 0) is 12.8 Å². The van der Waals surface area contributed by atoms with Crippen molar-refractivity contribution in [3.05, 3.63) is 12.7 Å². The first-order valence-corrected chi connectivity index (χ1v) is 5.77. The van der Waals surface area contributed by atoms with Crippen LogP contribution in [0.2, 0.25) is 0 Å². The van der Waals surface area contributed by atoms with Gasteiger partial charge in [0.2, 0.25) is 0 Å². The number of rotatable bonds is 5. The molecule has 0 spiro atoms. The van der Waals surface area contributed by atoms with E-state index in [1.807, 2.05) is 0 Å². The second-order valence-corrected chi connectivity index (χ2v) is 4.11. The predicted octanol–water partition coefficient (Wildman–Crippen LogP) is 2.38. The van der Waals surface area contributed by atoms with Gasteiger partial charge in [0.1, 0.15) is 0 Å². The minimum Gasteiger partial charge on any atom is -0.381 e. The Bertz CT molecular complexity index is 153. The molecule has 0 atom stereocenters. The van der Waals surface area contributed by atoms with Crippen LogP contribution >= 0.6 is 15.9 Å². The maximum atomic E-state index is 5.51. The summed E-state index contributed by atoms with van der Waals surface area (Å²) in [5.74, 6) is 0. The average Bonchev–Trinajstić information content (AvgIpc) is 2.20. The van der Waals surface area contributed by atoms with Gasteiger partial charge in [0.15, 0.2) is 0 Å². The van der Waals surface area contributed by atoms with Crippen LogP contribution in [0, 0.1) is 5.41 Å². The fourth-order valence-electron chi connectivity index (χ4n) is 1.48. The van der Waals surface area contributed by atoms with Gasteiger partial charge in [-0.2, -0.15) is 0 Å². The fraction of sp³-hybridized carbons (Fsp3) is 0.800. The first kappa shape index (κ1) is 11.2. The summed E-state index contributed by atoms with van der Waals surface area (Å²) in [5, 5.41) is 1.00. The summed E-state index contributed by atoms with van der Waals surface area (Å²) >= 11 is 3.56. The lowest BCUT2D eigenvalue weighted by atomic mass is 9.83. The van der Waals surface area contributed by atoms with E-state index in [1.165, 1.54) is 0 Å². The number of alkyl halides is 1. The molecule has 0 amide bonds. The van der Waals surface area contributed by atoms with Crippen LogP contribution in [0.5, 0.6) is 0 Å². The van der Waals surface area contributed by atoms with Crippen LogP contribution in [0.4, 0.5) is 0 Å². The molecule has 0 aromatic rings. The quantitative estimate of drug-likeness (QED) is 0.423. The van der Waals surface area contributed by atoms with E-state index in [0.717, 1.165) is 38.0 Å². The molecule has 0 saturated carbocycles. The lowest BCUT2D eigenvalue weighted by molar-refractivity contribution is -0.0208. The monoisotopic (exact) mass is 248 g/mol. The SMILES string of the molecule is C=CCOCC1(CBr)CCOCC1. The van der Waals surface area contributed by atoms with E-state index in [0.29, 0.717) is 12.0 Å². The van der Waals surface area contributed by atoms with E-state index in [4.69, 9.17) is 9.47 Å². The van der Waals surface area contributed by atoms with Gasteiger partial charge in [-0.1, -0.05) is 22.0 Å². The molecule has 1 aliphatic heterocycles. The van der Waals surface area contributed by atoms with Crippen molar-refractivity contribution in [3.8, 4) is 0 Å². The highest BCUT2D eigenvalue weighted by atomic mass is 79.9. The van der Waals surface area contributed by atoms with Gasteiger partial charge in [0.25, 0.3) is 0 Å². The Morgan fingerprint density at radius 1 is 1.46 bits per heavy atom. The zero-order valence-electron chi connectivity index (χ0n) is 7.93. The Balaban J connectivity index is 2.33. The summed E-state index contributed by atoms with van der Waals surface area (Å²) in [6.45, 7) is 6.82. The van der Waals surface area contributed by atoms with E-state index in [2.05, 4.69) is 22.5 Å². The summed E-state index contributed by atoms with van der Waals surface area (Å²) in [6.07, 6.45) is 3.98. The molecule has 76 valence electrons. The van der Waals surface area contributed by atoms with Gasteiger partial charge >= 0.3 is 0 Å². The van der Waals surface area contributed by atoms with Gasteiger partial charge in [0, 0.05) is 24.0 Å². The molecule has 1 saturated heterocycles. The summed E-state index contributed by atoms with van der Waals surface area (Å²) < 4.78 is 10.8. The van der Waals surface area contributed by atoms with Gasteiger partial charge in [-0.25, -0.2) is 0 Å². The Labute approximate surface area is 88.4 Å². The van der Waals surface area contributed by atoms with Crippen LogP contribution in [-0.2, 0) is 9.47 Å². The summed E-state index contributed by atoms with van der Waals surface area (Å²) in [5.41, 5.74) is 0.293. The third-order valence-electron chi connectivity index (χ3n) is 2.48. The number of hydrogen-bond acceptors (Lipinski definition) is 2. The van der Waals surface area contributed by atoms with E-state index < -0.39 is 0 Å². The van der Waals surface area contributed by atoms with Crippen LogP contribution in [0.1, 0.15) is 12.8 Å². The van der Waals surface area contributed by atoms with Crippen molar-refractivity contribution in [1.82, 2.24) is 0 Å². The molecule has 0 radical (unpaired) electrons. The molecule has 0 unspecified atom stereocenters. The predicted molar refractivity (Wildman–Crippen MR) is 57.3 cm³/mol. The van der Waals surface area contributed by atoms with E-state index in [9.17, 15) is 0 Å². The lowest BCUT2D eigenvalue weighted by Gasteiger charge is -2.35. The summed E-state index contributed by atoms with van der Waals surface area (Å²) in [7, 11) is 0. The Hall–Kier alpha value is 0.140. The molecule has 1 rings (SSSR count). The van der Waals surface area contributed by atoms with Crippen molar-refractivity contribution in [2.45, 2.75) is 12.8 Å². The first-order valence-electron chi connectivity index (χ1n) is 4.65. The summed E-state index contributed by atoms with van der Waals surface area (Å²) in [4.78, 5) is 0. The van der Waals surface area contributed by atoms with Gasteiger partial charge in [0.05, 0.1) is 13.2 Å². The molecule has 13 heavy (non-hydrogen) atoms. The third-order valence-corrected chi connectivity index (χ3v) is 3.67. The zero-order chi connectivity index (χ0) is 9.57. The maximum absolute atomic E-state index is 5.51. The smallest absolute Gasteiger partial charge is 0.0645 e. The molecule has 1 aliphatic rings. The molecule has 0 N–H and O–H groups in total. The average molecular weight is 249 g/mol. The van der Waals surface area contributed by atoms with Crippen molar-refractivity contribution < 1.29 is 9.47 Å². The molecule has 0 aliphatic carbocycles. The number of hydrogen-bond donors (Lipinski definition) is 0. The third kappa shape index (κ3) is 3.41. The second-order valence-electron chi connectivity index (χ2n) is 3.55. The molecule has 1 fully saturated rings. The highest BCUT2D eigenvalue weighted by molar-refractivity contribution is 9.09. The van der Waals surface area contributed by atoms with Crippen molar-refractivity contribution in [2.75, 3.05) is 31.8 Å². The van der Waals surface area contributed by atoms with Gasteiger partial charge in [-0.3, -0.25) is 0 Å². The largest absolute Gasteiger partial charge is 0.381 e. The lowest BCUT2D eigenvalue weighted by Crippen LogP contribution is -2.35. The molecular formula is C10H17BrO2. The standard InChI is InChI=1S/C10H17BrO2/c1-2-5-13-9-10(8-11)3-6-12-7-4-10/h2H,1,3-9H2. The Morgan fingerprint density at radius 2 is 2.15 bits per heavy atom. The van der Waals surface area contributed by atoms with Crippen molar-refractivity contribution >= 4 is 15.9 Å². The van der Waals surface area contributed by atoms with E-state index in [1.54, 1.807) is 6.08 Å². The number of halogens is 1. The van der Waals surface area contributed by atoms with E-state index in [-0.39, 0.29) is 0 Å². The zero-order valence-corrected chi connectivity index (χ0v) is 9.51. The van der Waals surface area contributed by atoms with Crippen LogP contribution < -0.4 is 0 Å². The molecule has 0 aromatic carbocycles. The fourth-order valence-corrected chi connectivity index (χ4v) is 2.20. The van der Waals surface area contributed by atoms with Crippen molar-refractivity contribution in [2.24, 2.45) is 5.41 Å². The maximum Gasteiger partial charge on any atom is 0.0645 e. The molecule has 0 aromatic heterocycles. The van der Waals surface area contributed by atoms with Gasteiger partial charge in [-0.15, -0.1) is 6.58 Å². The summed E-state index contributed by atoms with van der Waals surface area (Å²) in [6, 6.07) is 0. The van der Waals surface area contributed by atoms with E-state index >= 15 is 0 Å². The molecule has 2 nitrogen and oxygen atoms in total. The highest BCUT2D eigenvalue weighted by Crippen LogP contribution is 2.32. The number of ether oxygens (including phenoxy) is 2. The molecular weight excluding hydrogens is 232 g/mol. The van der Waals surface area contributed by atoms with Crippen LogP contribution in [0.15, 0.2) is 12.7 Å². The molecule has 1 heterocycles. The second kappa shape index (κ2) is 5.78. The van der Waals surface area contributed by atoms with Crippen molar-refractivity contribution in [3.63, 3.8) is 0 Å². The Kier molecular flexibility index (Phi) is 4.99. The van der Waals surface area contributed by atoms with Crippen molar-refractivity contribution in [1.29, 1.82) is 0 Å². The minimum atomic E-state index is 0.293. The Morgan fingerprint density at radius 3 is 2.69 bits per heavy atom. The molecule has 3 heteroatoms. The molecule has 0 bridgehead atoms. The highest BCUT2D eigenvalue weighted by Gasteiger charge is 2.31. The normalized spacial score (nSPS) is 21.3.